The average molecular weight is 785 g/mol. The van der Waals surface area contributed by atoms with Gasteiger partial charge < -0.3 is 34.9 Å². The Morgan fingerprint density at radius 3 is 0.273 bits per heavy atom. The summed E-state index contributed by atoms with van der Waals surface area (Å²) in [4.78, 5) is 0. The van der Waals surface area contributed by atoms with Crippen LogP contribution < -0.4 is 0 Å². The Labute approximate surface area is 207 Å². The second kappa shape index (κ2) is 104. The summed E-state index contributed by atoms with van der Waals surface area (Å²) in [6.07, 6.45) is 0. The van der Waals surface area contributed by atoms with Crippen molar-refractivity contribution in [3.8, 4) is 0 Å². The number of hydrogen-bond acceptors (Lipinski definition) is 0. The van der Waals surface area contributed by atoms with E-state index in [0.717, 1.165) is 0 Å². The molecule has 0 unspecified atom stereocenters. The van der Waals surface area contributed by atoms with Gasteiger partial charge in [-0.1, -0.05) is 0 Å². The third-order valence-electron chi connectivity index (χ3n) is 0. The van der Waals surface area contributed by atoms with Gasteiger partial charge >= 0.3 is 178 Å². The van der Waals surface area contributed by atoms with E-state index in [0.29, 0.717) is 0 Å². The summed E-state index contributed by atoms with van der Waals surface area (Å²) >= 11 is 0. The van der Waals surface area contributed by atoms with Crippen molar-refractivity contribution >= 4 is 0 Å². The largest absolute Gasteiger partial charge is 3.00 e. The average Bonchev–Trinajstić information content (AvgIpc) is 0. The molecule has 0 bridgehead atoms. The Kier molecular flexibility index (Phi) is 1190. The molecule has 0 saturated heterocycles. The Morgan fingerprint density at radius 2 is 0.273 bits per heavy atom. The van der Waals surface area contributed by atoms with Crippen molar-refractivity contribution in [1.29, 1.82) is 0 Å². The minimum atomic E-state index is 0. The molecule has 0 aromatic carbocycles. The molecule has 0 aliphatic rings. The van der Waals surface area contributed by atoms with E-state index in [1.807, 2.05) is 0 Å². The van der Waals surface area contributed by atoms with Gasteiger partial charge in [-0.2, -0.15) is 0 Å². The number of nitrogens with zero attached hydrogens (tertiary/aromatic N) is 3. The van der Waals surface area contributed by atoms with Crippen LogP contribution in [0.25, 0.3) is 18.5 Å². The minimum absolute atomic E-state index is 0. The van der Waals surface area contributed by atoms with Gasteiger partial charge in [-0.25, -0.2) is 0 Å². The van der Waals surface area contributed by atoms with Crippen LogP contribution in [0.1, 0.15) is 0 Å². The molecule has 0 aromatic heterocycles. The van der Waals surface area contributed by atoms with Crippen LogP contribution >= 0.6 is 0 Å². The van der Waals surface area contributed by atoms with E-state index in [2.05, 4.69) is 0 Å². The van der Waals surface area contributed by atoms with Crippen LogP contribution in [0.3, 0.4) is 0 Å². The van der Waals surface area contributed by atoms with E-state index in [1.54, 1.807) is 0 Å². The van der Waals surface area contributed by atoms with Crippen molar-refractivity contribution in [3.05, 3.63) is 18.5 Å². The van der Waals surface area contributed by atoms with E-state index in [1.165, 1.54) is 0 Å². The third-order valence-corrected chi connectivity index (χ3v) is 0. The zero-order chi connectivity index (χ0) is 0. The first-order chi connectivity index (χ1) is 0. The van der Waals surface area contributed by atoms with Gasteiger partial charge in [0.25, 0.3) is 0 Å². The first-order valence-electron chi connectivity index (χ1n) is 0. The fourth-order valence-electron chi connectivity index (χ4n) is 0. The summed E-state index contributed by atoms with van der Waals surface area (Å²) in [6, 6.07) is 0. The fourth-order valence-corrected chi connectivity index (χ4v) is 0. The summed E-state index contributed by atoms with van der Waals surface area (Å²) in [7, 11) is 0. The molecular formula is La5N3O3. The first-order valence-corrected chi connectivity index (χ1v) is 0. The molecule has 0 aliphatic carbocycles. The maximum atomic E-state index is 0. The standard InChI is InChI=1S/5La.3N.3O/q5*+3;3*-3;3*-2. The van der Waals surface area contributed by atoms with E-state index in [4.69, 9.17) is 0 Å². The monoisotopic (exact) mass is 785 g/mol. The van der Waals surface area contributed by atoms with E-state index in [9.17, 15) is 0 Å². The molecular weight excluding hydrogens is 785 g/mol. The zero-order valence-electron chi connectivity index (χ0n) is 5.45. The molecule has 11 heteroatoms. The molecule has 0 heterocycles. The molecule has 0 amide bonds. The summed E-state index contributed by atoms with van der Waals surface area (Å²) < 4.78 is 0. The number of hydrogen-bond donors (Lipinski definition) is 0. The first kappa shape index (κ1) is 126. The SMILES string of the molecule is [La+3].[La+3].[La+3].[La+3].[La+3].[N-3].[N-3].[N-3].[O-2].[O-2].[O-2]. The van der Waals surface area contributed by atoms with E-state index >= 15 is 0 Å². The third kappa shape index (κ3) is 90.3. The predicted octanol–water partition coefficient (Wildman–Crippen LogP) is 0.510. The molecule has 0 aromatic rings. The van der Waals surface area contributed by atoms with Gasteiger partial charge in [0.1, 0.15) is 0 Å². The van der Waals surface area contributed by atoms with Crippen molar-refractivity contribution in [1.82, 2.24) is 0 Å². The molecule has 11 heavy (non-hydrogen) atoms. The zero-order valence-corrected chi connectivity index (χ0v) is 23.6. The summed E-state index contributed by atoms with van der Waals surface area (Å²) in [5.74, 6) is 0. The van der Waals surface area contributed by atoms with Crippen LogP contribution in [0.15, 0.2) is 0 Å². The normalized spacial score (nSPS) is 0. The second-order valence-electron chi connectivity index (χ2n) is 0. The van der Waals surface area contributed by atoms with E-state index in [-0.39, 0.29) is 213 Å². The molecule has 0 N–H and O–H groups in total. The molecule has 0 fully saturated rings. The van der Waals surface area contributed by atoms with Crippen LogP contribution in [0, 0.1) is 178 Å². The Balaban J connectivity index is 0. The molecule has 0 aliphatic heterocycles. The van der Waals surface area contributed by atoms with Crippen molar-refractivity contribution < 1.29 is 194 Å². The van der Waals surface area contributed by atoms with Crippen molar-refractivity contribution in [2.75, 3.05) is 0 Å². The summed E-state index contributed by atoms with van der Waals surface area (Å²) in [6.45, 7) is 0. The number of rotatable bonds is 0. The smallest absolute Gasteiger partial charge is 3.00 e. The molecule has 0 atom stereocenters. The predicted molar refractivity (Wildman–Crippen MR) is 12.1 cm³/mol. The van der Waals surface area contributed by atoms with E-state index < -0.39 is 0 Å². The maximum Gasteiger partial charge on any atom is 3.00 e. The van der Waals surface area contributed by atoms with Gasteiger partial charge in [-0.15, -0.1) is 0 Å². The quantitative estimate of drug-likeness (QED) is 0.333. The topological polar surface area (TPSA) is 177 Å². The maximum absolute atomic E-state index is 0. The van der Waals surface area contributed by atoms with Gasteiger partial charge in [-0.3, -0.25) is 0 Å². The minimum Gasteiger partial charge on any atom is -3.00 e. The van der Waals surface area contributed by atoms with Gasteiger partial charge in [0.05, 0.1) is 0 Å². The molecule has 0 spiro atoms. The van der Waals surface area contributed by atoms with Gasteiger partial charge in [0.2, 0.25) is 0 Å². The molecule has 48 valence electrons. The Bertz CT molecular complexity index is 16.9. The fraction of sp³-hybridized carbons (Fsp3) is 0. The van der Waals surface area contributed by atoms with Crippen LogP contribution in [-0.2, 0) is 16.4 Å². The van der Waals surface area contributed by atoms with Crippen LogP contribution in [0.5, 0.6) is 0 Å². The molecule has 0 radical (unpaired) electrons. The molecule has 6 nitrogen and oxygen atoms in total. The van der Waals surface area contributed by atoms with Gasteiger partial charge in [0.15, 0.2) is 0 Å². The summed E-state index contributed by atoms with van der Waals surface area (Å²) in [5, 5.41) is 0. The van der Waals surface area contributed by atoms with Gasteiger partial charge in [0, 0.05) is 0 Å². The van der Waals surface area contributed by atoms with Crippen molar-refractivity contribution in [2.45, 2.75) is 0 Å². The van der Waals surface area contributed by atoms with Crippen LogP contribution in [0.2, 0.25) is 0 Å². The van der Waals surface area contributed by atoms with Crippen molar-refractivity contribution in [2.24, 2.45) is 0 Å². The second-order valence-corrected chi connectivity index (χ2v) is 0. The van der Waals surface area contributed by atoms with Gasteiger partial charge in [-0.05, 0) is 0 Å². The van der Waals surface area contributed by atoms with Crippen molar-refractivity contribution in [3.63, 3.8) is 0 Å². The van der Waals surface area contributed by atoms with Crippen LogP contribution in [-0.4, -0.2) is 0 Å². The Hall–Kier alpha value is 5.73. The molecule has 0 rings (SSSR count). The van der Waals surface area contributed by atoms with Crippen LogP contribution in [0.4, 0.5) is 0 Å². The summed E-state index contributed by atoms with van der Waals surface area (Å²) in [5.41, 5.74) is 0. The molecule has 0 saturated carbocycles. The Morgan fingerprint density at radius 1 is 0.273 bits per heavy atom.